The lowest BCUT2D eigenvalue weighted by Gasteiger charge is -2.24. The topological polar surface area (TPSA) is 71.5 Å². The van der Waals surface area contributed by atoms with Gasteiger partial charge in [0.15, 0.2) is 12.5 Å². The van der Waals surface area contributed by atoms with Crippen molar-refractivity contribution in [1.29, 1.82) is 0 Å². The summed E-state index contributed by atoms with van der Waals surface area (Å²) in [4.78, 5) is 14.7. The minimum Gasteiger partial charge on any atom is -0.395 e. The van der Waals surface area contributed by atoms with Crippen LogP contribution in [0, 0.1) is 0 Å². The van der Waals surface area contributed by atoms with Crippen LogP contribution >= 0.6 is 0 Å². The standard InChI is InChI=1S/C9H18N2O5/c1-14-6-11-8(16-3)7(15-2)10(4-5-12)9(11)13/h7-8,12H,4-6H2,1-3H3. The van der Waals surface area contributed by atoms with Crippen LogP contribution in [0.3, 0.4) is 0 Å². The zero-order valence-electron chi connectivity index (χ0n) is 9.75. The maximum Gasteiger partial charge on any atom is 0.326 e. The first-order valence-electron chi connectivity index (χ1n) is 4.93. The number of amides is 2. The fourth-order valence-corrected chi connectivity index (χ4v) is 1.78. The first-order chi connectivity index (χ1) is 7.71. The quantitative estimate of drug-likeness (QED) is 0.655. The van der Waals surface area contributed by atoms with Crippen LogP contribution in [0.25, 0.3) is 0 Å². The molecule has 1 heterocycles. The Morgan fingerprint density at radius 2 is 1.75 bits per heavy atom. The molecule has 1 N–H and O–H groups in total. The van der Waals surface area contributed by atoms with Crippen LogP contribution in [0.15, 0.2) is 0 Å². The van der Waals surface area contributed by atoms with Crippen molar-refractivity contribution in [3.05, 3.63) is 0 Å². The van der Waals surface area contributed by atoms with E-state index >= 15 is 0 Å². The number of urea groups is 1. The highest BCUT2D eigenvalue weighted by atomic mass is 16.6. The van der Waals surface area contributed by atoms with Crippen molar-refractivity contribution in [2.45, 2.75) is 12.5 Å². The lowest BCUT2D eigenvalue weighted by molar-refractivity contribution is -0.122. The number of aliphatic hydroxyl groups excluding tert-OH is 1. The van der Waals surface area contributed by atoms with Gasteiger partial charge in [-0.1, -0.05) is 0 Å². The number of hydrogen-bond donors (Lipinski definition) is 1. The molecule has 0 spiro atoms. The Bertz CT molecular complexity index is 216. The van der Waals surface area contributed by atoms with E-state index in [1.807, 2.05) is 0 Å². The van der Waals surface area contributed by atoms with Gasteiger partial charge in [-0.15, -0.1) is 0 Å². The second kappa shape index (κ2) is 6.00. The summed E-state index contributed by atoms with van der Waals surface area (Å²) in [7, 11) is 4.48. The van der Waals surface area contributed by atoms with Crippen LogP contribution in [-0.4, -0.2) is 74.6 Å². The number of carbonyl (C=O) groups excluding carboxylic acids is 1. The van der Waals surface area contributed by atoms with Crippen LogP contribution in [-0.2, 0) is 14.2 Å². The molecule has 1 aliphatic heterocycles. The molecule has 0 radical (unpaired) electrons. The van der Waals surface area contributed by atoms with Gasteiger partial charge in [0.05, 0.1) is 6.61 Å². The lowest BCUT2D eigenvalue weighted by Crippen LogP contribution is -2.41. The summed E-state index contributed by atoms with van der Waals surface area (Å²) in [6.07, 6.45) is -1.05. The molecule has 1 aliphatic rings. The van der Waals surface area contributed by atoms with Crippen molar-refractivity contribution in [2.24, 2.45) is 0 Å². The van der Waals surface area contributed by atoms with Crippen molar-refractivity contribution in [3.8, 4) is 0 Å². The van der Waals surface area contributed by atoms with E-state index in [0.717, 1.165) is 0 Å². The SMILES string of the molecule is COCN1C(=O)N(CCO)C(OC)C1OC. The van der Waals surface area contributed by atoms with Crippen molar-refractivity contribution in [2.75, 3.05) is 41.2 Å². The average molecular weight is 234 g/mol. The van der Waals surface area contributed by atoms with Gasteiger partial charge in [-0.25, -0.2) is 4.79 Å². The maximum atomic E-state index is 11.9. The molecule has 0 saturated carbocycles. The van der Waals surface area contributed by atoms with Crippen LogP contribution in [0.5, 0.6) is 0 Å². The van der Waals surface area contributed by atoms with E-state index in [0.29, 0.717) is 0 Å². The van der Waals surface area contributed by atoms with E-state index < -0.39 is 12.5 Å². The van der Waals surface area contributed by atoms with Crippen molar-refractivity contribution < 1.29 is 24.1 Å². The van der Waals surface area contributed by atoms with E-state index in [9.17, 15) is 4.79 Å². The molecule has 1 rings (SSSR count). The Morgan fingerprint density at radius 1 is 1.19 bits per heavy atom. The predicted molar refractivity (Wildman–Crippen MR) is 54.5 cm³/mol. The highest BCUT2D eigenvalue weighted by Crippen LogP contribution is 2.23. The molecule has 94 valence electrons. The molecule has 0 aromatic rings. The first-order valence-corrected chi connectivity index (χ1v) is 4.93. The van der Waals surface area contributed by atoms with E-state index in [1.165, 1.54) is 31.1 Å². The molecule has 16 heavy (non-hydrogen) atoms. The van der Waals surface area contributed by atoms with E-state index in [2.05, 4.69) is 0 Å². The Kier molecular flexibility index (Phi) is 4.94. The molecule has 1 fully saturated rings. The fraction of sp³-hybridized carbons (Fsp3) is 0.889. The molecule has 2 amide bonds. The van der Waals surface area contributed by atoms with Gasteiger partial charge in [-0.05, 0) is 0 Å². The van der Waals surface area contributed by atoms with E-state index in [4.69, 9.17) is 19.3 Å². The largest absolute Gasteiger partial charge is 0.395 e. The molecule has 7 nitrogen and oxygen atoms in total. The molecular formula is C9H18N2O5. The second-order valence-corrected chi connectivity index (χ2v) is 3.34. The van der Waals surface area contributed by atoms with Gasteiger partial charge in [0.2, 0.25) is 0 Å². The highest BCUT2D eigenvalue weighted by molar-refractivity contribution is 5.77. The third-order valence-electron chi connectivity index (χ3n) is 2.44. The Balaban J connectivity index is 2.83. The van der Waals surface area contributed by atoms with Gasteiger partial charge in [-0.3, -0.25) is 9.80 Å². The fourth-order valence-electron chi connectivity index (χ4n) is 1.78. The summed E-state index contributed by atoms with van der Waals surface area (Å²) < 4.78 is 15.3. The molecule has 0 aromatic heterocycles. The van der Waals surface area contributed by atoms with Gasteiger partial charge in [0, 0.05) is 27.9 Å². The molecular weight excluding hydrogens is 216 g/mol. The van der Waals surface area contributed by atoms with Crippen LogP contribution in [0.2, 0.25) is 0 Å². The number of aliphatic hydroxyl groups is 1. The molecule has 0 aromatic carbocycles. The minimum atomic E-state index is -0.528. The molecule has 2 unspecified atom stereocenters. The second-order valence-electron chi connectivity index (χ2n) is 3.34. The van der Waals surface area contributed by atoms with Crippen molar-refractivity contribution in [1.82, 2.24) is 9.80 Å². The molecule has 7 heteroatoms. The summed E-state index contributed by atoms with van der Waals surface area (Å²) >= 11 is 0. The summed E-state index contributed by atoms with van der Waals surface area (Å²) in [5.41, 5.74) is 0. The number of carbonyl (C=O) groups is 1. The number of hydrogen-bond acceptors (Lipinski definition) is 5. The average Bonchev–Trinajstić information content (AvgIpc) is 2.54. The summed E-state index contributed by atoms with van der Waals surface area (Å²) in [5, 5.41) is 8.89. The lowest BCUT2D eigenvalue weighted by atomic mass is 10.4. The molecule has 1 saturated heterocycles. The van der Waals surface area contributed by atoms with E-state index in [1.54, 1.807) is 0 Å². The van der Waals surface area contributed by atoms with Crippen LogP contribution in [0.4, 0.5) is 4.79 Å². The normalized spacial score (nSPS) is 25.6. The molecule has 0 bridgehead atoms. The zero-order valence-corrected chi connectivity index (χ0v) is 9.75. The van der Waals surface area contributed by atoms with E-state index in [-0.39, 0.29) is 25.9 Å². The first kappa shape index (κ1) is 13.2. The Morgan fingerprint density at radius 3 is 2.19 bits per heavy atom. The van der Waals surface area contributed by atoms with Gasteiger partial charge < -0.3 is 19.3 Å². The third-order valence-corrected chi connectivity index (χ3v) is 2.44. The molecule has 0 aliphatic carbocycles. The smallest absolute Gasteiger partial charge is 0.326 e. The van der Waals surface area contributed by atoms with Gasteiger partial charge in [0.1, 0.15) is 6.73 Å². The number of ether oxygens (including phenoxy) is 3. The summed E-state index contributed by atoms with van der Waals surface area (Å²) in [6.45, 7) is 0.208. The van der Waals surface area contributed by atoms with Gasteiger partial charge in [-0.2, -0.15) is 0 Å². The Hall–Kier alpha value is -0.890. The van der Waals surface area contributed by atoms with Crippen molar-refractivity contribution >= 4 is 6.03 Å². The number of methoxy groups -OCH3 is 3. The monoisotopic (exact) mass is 234 g/mol. The summed E-state index contributed by atoms with van der Waals surface area (Å²) in [6, 6.07) is -0.269. The molecule has 2 atom stereocenters. The minimum absolute atomic E-state index is 0.122. The summed E-state index contributed by atoms with van der Waals surface area (Å²) in [5.74, 6) is 0. The number of rotatable bonds is 6. The third kappa shape index (κ3) is 2.27. The van der Waals surface area contributed by atoms with Crippen LogP contribution in [0.1, 0.15) is 0 Å². The highest BCUT2D eigenvalue weighted by Gasteiger charge is 2.46. The zero-order chi connectivity index (χ0) is 12.1. The van der Waals surface area contributed by atoms with Gasteiger partial charge >= 0.3 is 6.03 Å². The van der Waals surface area contributed by atoms with Crippen molar-refractivity contribution in [3.63, 3.8) is 0 Å². The maximum absolute atomic E-state index is 11.9. The number of nitrogens with zero attached hydrogens (tertiary/aromatic N) is 2. The Labute approximate surface area is 94.5 Å². The van der Waals surface area contributed by atoms with Gasteiger partial charge in [0.25, 0.3) is 0 Å². The van der Waals surface area contributed by atoms with Crippen LogP contribution < -0.4 is 0 Å². The predicted octanol–water partition coefficient (Wildman–Crippen LogP) is -0.735. The number of β-amino-alcohol motifs (C(OH)–C–C–N with tert-alkyl or cyclic N) is 1.